The SMILES string of the molecule is CCCc1nc(CN2C(=O)[C@H](C)N(c3ccc(F)cc3)C2=O)cs1. The van der Waals surface area contributed by atoms with Gasteiger partial charge in [0.05, 0.1) is 17.2 Å². The molecule has 3 rings (SSSR count). The highest BCUT2D eigenvalue weighted by Crippen LogP contribution is 2.27. The number of aryl methyl sites for hydroxylation is 1. The number of anilines is 1. The number of carbonyl (C=O) groups is 2. The molecule has 0 aliphatic carbocycles. The van der Waals surface area contributed by atoms with Crippen LogP contribution in [0.3, 0.4) is 0 Å². The Kier molecular flexibility index (Phi) is 4.62. The van der Waals surface area contributed by atoms with Gasteiger partial charge in [-0.05, 0) is 44.0 Å². The molecule has 1 atom stereocenters. The number of aromatic nitrogens is 1. The fourth-order valence-electron chi connectivity index (χ4n) is 2.72. The predicted octanol–water partition coefficient (Wildman–Crippen LogP) is 3.59. The van der Waals surface area contributed by atoms with Crippen LogP contribution in [-0.4, -0.2) is 27.9 Å². The normalized spacial score (nSPS) is 17.9. The number of hydrogen-bond acceptors (Lipinski definition) is 4. The molecular formula is C17H18FN3O2S. The van der Waals surface area contributed by atoms with Crippen LogP contribution in [-0.2, 0) is 17.8 Å². The monoisotopic (exact) mass is 347 g/mol. The Labute approximate surface area is 143 Å². The van der Waals surface area contributed by atoms with Crippen molar-refractivity contribution in [2.24, 2.45) is 0 Å². The number of imide groups is 1. The highest BCUT2D eigenvalue weighted by molar-refractivity contribution is 7.09. The van der Waals surface area contributed by atoms with E-state index < -0.39 is 12.1 Å². The second-order valence-corrected chi connectivity index (χ2v) is 6.65. The fourth-order valence-corrected chi connectivity index (χ4v) is 3.61. The summed E-state index contributed by atoms with van der Waals surface area (Å²) in [6.45, 7) is 3.92. The maximum absolute atomic E-state index is 13.1. The number of carbonyl (C=O) groups excluding carboxylic acids is 2. The molecule has 1 fully saturated rings. The van der Waals surface area contributed by atoms with Gasteiger partial charge in [0.2, 0.25) is 0 Å². The van der Waals surface area contributed by atoms with E-state index in [2.05, 4.69) is 11.9 Å². The first kappa shape index (κ1) is 16.6. The molecule has 1 aliphatic rings. The first-order valence-corrected chi connectivity index (χ1v) is 8.72. The van der Waals surface area contributed by atoms with Crippen molar-refractivity contribution in [3.05, 3.63) is 46.2 Å². The van der Waals surface area contributed by atoms with Gasteiger partial charge in [0, 0.05) is 11.1 Å². The number of halogens is 1. The first-order chi connectivity index (χ1) is 11.5. The smallest absolute Gasteiger partial charge is 0.282 e. The predicted molar refractivity (Wildman–Crippen MR) is 90.4 cm³/mol. The highest BCUT2D eigenvalue weighted by atomic mass is 32.1. The van der Waals surface area contributed by atoms with Crippen LogP contribution in [0.1, 0.15) is 31.0 Å². The van der Waals surface area contributed by atoms with Crippen molar-refractivity contribution in [2.75, 3.05) is 4.90 Å². The summed E-state index contributed by atoms with van der Waals surface area (Å²) in [5.74, 6) is -0.651. The van der Waals surface area contributed by atoms with Crippen LogP contribution >= 0.6 is 11.3 Å². The maximum atomic E-state index is 13.1. The quantitative estimate of drug-likeness (QED) is 0.777. The molecule has 24 heavy (non-hydrogen) atoms. The summed E-state index contributed by atoms with van der Waals surface area (Å²) in [5, 5.41) is 2.89. The van der Waals surface area contributed by atoms with Gasteiger partial charge < -0.3 is 0 Å². The average Bonchev–Trinajstić information content (AvgIpc) is 3.08. The lowest BCUT2D eigenvalue weighted by Crippen LogP contribution is -2.33. The molecule has 0 bridgehead atoms. The second-order valence-electron chi connectivity index (χ2n) is 5.71. The lowest BCUT2D eigenvalue weighted by molar-refractivity contribution is -0.127. The number of rotatable bonds is 5. The molecule has 1 aliphatic heterocycles. The lowest BCUT2D eigenvalue weighted by atomic mass is 10.2. The number of urea groups is 1. The van der Waals surface area contributed by atoms with Crippen molar-refractivity contribution < 1.29 is 14.0 Å². The Hall–Kier alpha value is -2.28. The zero-order valence-corrected chi connectivity index (χ0v) is 14.3. The summed E-state index contributed by atoms with van der Waals surface area (Å²) in [7, 11) is 0. The molecule has 1 saturated heterocycles. The van der Waals surface area contributed by atoms with Crippen molar-refractivity contribution in [3.8, 4) is 0 Å². The van der Waals surface area contributed by atoms with E-state index in [1.165, 1.54) is 34.1 Å². The van der Waals surface area contributed by atoms with Crippen molar-refractivity contribution in [1.29, 1.82) is 0 Å². The minimum absolute atomic E-state index is 0.167. The van der Waals surface area contributed by atoms with Gasteiger partial charge in [-0.15, -0.1) is 11.3 Å². The molecule has 1 aromatic heterocycles. The molecule has 1 aromatic carbocycles. The number of thiazole rings is 1. The topological polar surface area (TPSA) is 53.5 Å². The van der Waals surface area contributed by atoms with E-state index in [1.54, 1.807) is 18.3 Å². The molecule has 0 radical (unpaired) electrons. The van der Waals surface area contributed by atoms with Gasteiger partial charge in [0.15, 0.2) is 0 Å². The minimum atomic E-state index is -0.614. The van der Waals surface area contributed by atoms with Gasteiger partial charge in [-0.1, -0.05) is 6.92 Å². The van der Waals surface area contributed by atoms with E-state index in [0.717, 1.165) is 23.5 Å². The third-order valence-electron chi connectivity index (χ3n) is 3.94. The molecule has 5 nitrogen and oxygen atoms in total. The van der Waals surface area contributed by atoms with Crippen LogP contribution in [0.2, 0.25) is 0 Å². The number of hydrogen-bond donors (Lipinski definition) is 0. The largest absolute Gasteiger partial charge is 0.332 e. The standard InChI is InChI=1S/C17H18FN3O2S/c1-3-4-15-19-13(10-24-15)9-20-16(22)11(2)21(17(20)23)14-7-5-12(18)6-8-14/h5-8,10-11H,3-4,9H2,1-2H3/t11-/m0/s1. The molecule has 7 heteroatoms. The van der Waals surface area contributed by atoms with Gasteiger partial charge in [-0.3, -0.25) is 14.6 Å². The fraction of sp³-hybridized carbons (Fsp3) is 0.353. The summed E-state index contributed by atoms with van der Waals surface area (Å²) in [6.07, 6.45) is 1.90. The van der Waals surface area contributed by atoms with E-state index in [4.69, 9.17) is 0 Å². The maximum Gasteiger partial charge on any atom is 0.332 e. The summed E-state index contributed by atoms with van der Waals surface area (Å²) >= 11 is 1.54. The van der Waals surface area contributed by atoms with Crippen LogP contribution in [0.5, 0.6) is 0 Å². The molecule has 0 spiro atoms. The summed E-state index contributed by atoms with van der Waals surface area (Å²) in [4.78, 5) is 32.2. The molecule has 2 heterocycles. The Morgan fingerprint density at radius 1 is 1.25 bits per heavy atom. The first-order valence-electron chi connectivity index (χ1n) is 7.84. The van der Waals surface area contributed by atoms with Gasteiger partial charge in [-0.25, -0.2) is 14.2 Å². The van der Waals surface area contributed by atoms with E-state index in [0.29, 0.717) is 5.69 Å². The summed E-state index contributed by atoms with van der Waals surface area (Å²) < 4.78 is 13.1. The van der Waals surface area contributed by atoms with Crippen molar-refractivity contribution in [2.45, 2.75) is 39.3 Å². The molecule has 126 valence electrons. The Balaban J connectivity index is 1.80. The zero-order chi connectivity index (χ0) is 17.3. The van der Waals surface area contributed by atoms with Crippen molar-refractivity contribution in [1.82, 2.24) is 9.88 Å². The number of amides is 3. The summed E-state index contributed by atoms with van der Waals surface area (Å²) in [5.41, 5.74) is 1.23. The van der Waals surface area contributed by atoms with Crippen LogP contribution in [0.4, 0.5) is 14.9 Å². The van der Waals surface area contributed by atoms with Crippen LogP contribution < -0.4 is 4.90 Å². The van der Waals surface area contributed by atoms with Crippen molar-refractivity contribution >= 4 is 29.0 Å². The van der Waals surface area contributed by atoms with E-state index in [1.807, 2.05) is 5.38 Å². The summed E-state index contributed by atoms with van der Waals surface area (Å²) in [6, 6.07) is 4.55. The van der Waals surface area contributed by atoms with Crippen LogP contribution in [0, 0.1) is 5.82 Å². The molecule has 2 aromatic rings. The number of benzene rings is 1. The van der Waals surface area contributed by atoms with E-state index in [9.17, 15) is 14.0 Å². The van der Waals surface area contributed by atoms with Crippen LogP contribution in [0.15, 0.2) is 29.6 Å². The zero-order valence-electron chi connectivity index (χ0n) is 13.5. The molecule has 0 unspecified atom stereocenters. The Bertz CT molecular complexity index is 759. The van der Waals surface area contributed by atoms with Gasteiger partial charge in [0.1, 0.15) is 11.9 Å². The average molecular weight is 347 g/mol. The van der Waals surface area contributed by atoms with Gasteiger partial charge in [-0.2, -0.15) is 0 Å². The molecule has 0 saturated carbocycles. The Morgan fingerprint density at radius 2 is 1.96 bits per heavy atom. The van der Waals surface area contributed by atoms with Gasteiger partial charge in [0.25, 0.3) is 5.91 Å². The molecule has 0 N–H and O–H groups in total. The van der Waals surface area contributed by atoms with Gasteiger partial charge >= 0.3 is 6.03 Å². The molecular weight excluding hydrogens is 329 g/mol. The van der Waals surface area contributed by atoms with Crippen LogP contribution in [0.25, 0.3) is 0 Å². The molecule has 3 amide bonds. The van der Waals surface area contributed by atoms with Crippen molar-refractivity contribution in [3.63, 3.8) is 0 Å². The highest BCUT2D eigenvalue weighted by Gasteiger charge is 2.43. The third kappa shape index (κ3) is 3.03. The second kappa shape index (κ2) is 6.68. The third-order valence-corrected chi connectivity index (χ3v) is 4.89. The Morgan fingerprint density at radius 3 is 2.62 bits per heavy atom. The van der Waals surface area contributed by atoms with E-state index in [-0.39, 0.29) is 18.3 Å². The van der Waals surface area contributed by atoms with E-state index >= 15 is 0 Å². The minimum Gasteiger partial charge on any atom is -0.282 e. The number of nitrogens with zero attached hydrogens (tertiary/aromatic N) is 3. The lowest BCUT2D eigenvalue weighted by Gasteiger charge is -2.19.